The number of benzene rings is 2. The molecule has 7 nitrogen and oxygen atoms in total. The Bertz CT molecular complexity index is 951. The Hall–Kier alpha value is -3.19. The molecule has 0 aliphatic rings. The van der Waals surface area contributed by atoms with Crippen molar-refractivity contribution < 1.29 is 23.9 Å². The summed E-state index contributed by atoms with van der Waals surface area (Å²) in [7, 11) is 1.75. The van der Waals surface area contributed by atoms with E-state index in [0.717, 1.165) is 30.8 Å². The molecule has 1 aromatic heterocycles. The van der Waals surface area contributed by atoms with Crippen LogP contribution in [0.15, 0.2) is 53.1 Å². The number of carbonyl (C=O) groups is 1. The topological polar surface area (TPSA) is 94.7 Å². The fraction of sp³-hybridized carbons (Fsp3) is 0.400. The summed E-state index contributed by atoms with van der Waals surface area (Å²) in [4.78, 5) is 15.4. The van der Waals surface area contributed by atoms with Gasteiger partial charge >= 0.3 is 5.97 Å². The third kappa shape index (κ3) is 7.20. The van der Waals surface area contributed by atoms with E-state index in [2.05, 4.69) is 10.1 Å². The molecule has 0 aliphatic carbocycles. The Balaban J connectivity index is 1.40. The smallest absolute Gasteiger partial charge is 0.335 e. The molecule has 1 heterocycles. The van der Waals surface area contributed by atoms with Crippen LogP contribution in [0.4, 0.5) is 0 Å². The molecule has 0 amide bonds. The van der Waals surface area contributed by atoms with E-state index in [4.69, 9.17) is 19.1 Å². The van der Waals surface area contributed by atoms with Crippen LogP contribution < -0.4 is 4.74 Å². The minimum absolute atomic E-state index is 0.214. The van der Waals surface area contributed by atoms with Gasteiger partial charge in [0.1, 0.15) is 5.75 Å². The van der Waals surface area contributed by atoms with Crippen molar-refractivity contribution in [2.45, 2.75) is 44.9 Å². The maximum absolute atomic E-state index is 11.0. The van der Waals surface area contributed by atoms with Gasteiger partial charge in [-0.3, -0.25) is 0 Å². The standard InChI is InChI=1S/C25H30N2O5/c1-30-17-7-5-3-2-4-6-8-18-31-22-15-13-20(14-16-22)24-26-23(27-32-24)19-9-11-21(12-10-19)25(28)29/h9-16H,2-8,17-18H2,1H3,(H,28,29). The molecule has 3 aromatic rings. The lowest BCUT2D eigenvalue weighted by atomic mass is 10.1. The summed E-state index contributed by atoms with van der Waals surface area (Å²) in [6, 6.07) is 13.9. The number of hydrogen-bond donors (Lipinski definition) is 1. The highest BCUT2D eigenvalue weighted by molar-refractivity contribution is 5.88. The van der Waals surface area contributed by atoms with Gasteiger partial charge in [0.2, 0.25) is 5.82 Å². The van der Waals surface area contributed by atoms with Crippen molar-refractivity contribution in [2.24, 2.45) is 0 Å². The van der Waals surface area contributed by atoms with E-state index in [1.165, 1.54) is 44.2 Å². The van der Waals surface area contributed by atoms with Crippen molar-refractivity contribution in [1.29, 1.82) is 0 Å². The first kappa shape index (κ1) is 23.5. The fourth-order valence-corrected chi connectivity index (χ4v) is 3.34. The van der Waals surface area contributed by atoms with E-state index >= 15 is 0 Å². The molecule has 0 fully saturated rings. The molecule has 7 heteroatoms. The number of ether oxygens (including phenoxy) is 2. The van der Waals surface area contributed by atoms with Crippen molar-refractivity contribution in [1.82, 2.24) is 10.1 Å². The number of aromatic carboxylic acids is 1. The van der Waals surface area contributed by atoms with Crippen molar-refractivity contribution >= 4 is 5.97 Å². The highest BCUT2D eigenvalue weighted by atomic mass is 16.5. The predicted octanol–water partition coefficient (Wildman–Crippen LogP) is 5.86. The number of unbranched alkanes of at least 4 members (excludes halogenated alkanes) is 6. The van der Waals surface area contributed by atoms with Crippen LogP contribution in [0.2, 0.25) is 0 Å². The first-order valence-corrected chi connectivity index (χ1v) is 11.1. The minimum Gasteiger partial charge on any atom is -0.494 e. The maximum atomic E-state index is 11.0. The van der Waals surface area contributed by atoms with Crippen LogP contribution in [0.3, 0.4) is 0 Å². The second-order valence-corrected chi connectivity index (χ2v) is 7.65. The number of methoxy groups -OCH3 is 1. The van der Waals surface area contributed by atoms with Crippen LogP contribution in [0.1, 0.15) is 55.3 Å². The molecule has 170 valence electrons. The molecule has 0 bridgehead atoms. The lowest BCUT2D eigenvalue weighted by molar-refractivity contribution is 0.0697. The van der Waals surface area contributed by atoms with E-state index in [-0.39, 0.29) is 5.56 Å². The lowest BCUT2D eigenvalue weighted by Gasteiger charge is -2.06. The number of carboxylic acids is 1. The van der Waals surface area contributed by atoms with Crippen molar-refractivity contribution in [3.05, 3.63) is 54.1 Å². The number of hydrogen-bond acceptors (Lipinski definition) is 6. The lowest BCUT2D eigenvalue weighted by Crippen LogP contribution is -1.97. The molecule has 0 radical (unpaired) electrons. The van der Waals surface area contributed by atoms with Gasteiger partial charge in [-0.1, -0.05) is 49.4 Å². The molecular weight excluding hydrogens is 408 g/mol. The summed E-state index contributed by atoms with van der Waals surface area (Å²) < 4.78 is 16.3. The first-order chi connectivity index (χ1) is 15.7. The summed E-state index contributed by atoms with van der Waals surface area (Å²) in [6.07, 6.45) is 8.42. The minimum atomic E-state index is -0.971. The molecule has 0 spiro atoms. The van der Waals surface area contributed by atoms with Gasteiger partial charge in [-0.2, -0.15) is 4.98 Å². The van der Waals surface area contributed by atoms with E-state index in [9.17, 15) is 4.79 Å². The molecule has 1 N–H and O–H groups in total. The number of nitrogens with zero attached hydrogens (tertiary/aromatic N) is 2. The molecule has 3 rings (SSSR count). The molecule has 0 unspecified atom stereocenters. The van der Waals surface area contributed by atoms with Gasteiger partial charge in [-0.25, -0.2) is 4.79 Å². The summed E-state index contributed by atoms with van der Waals surface area (Å²) >= 11 is 0. The third-order valence-electron chi connectivity index (χ3n) is 5.18. The average Bonchev–Trinajstić information content (AvgIpc) is 3.31. The normalized spacial score (nSPS) is 10.9. The van der Waals surface area contributed by atoms with Crippen LogP contribution >= 0.6 is 0 Å². The first-order valence-electron chi connectivity index (χ1n) is 11.1. The zero-order valence-corrected chi connectivity index (χ0v) is 18.5. The van der Waals surface area contributed by atoms with Crippen molar-refractivity contribution in [2.75, 3.05) is 20.3 Å². The third-order valence-corrected chi connectivity index (χ3v) is 5.18. The van der Waals surface area contributed by atoms with Gasteiger partial charge in [-0.15, -0.1) is 0 Å². The van der Waals surface area contributed by atoms with Gasteiger partial charge in [0.25, 0.3) is 5.89 Å². The molecule has 32 heavy (non-hydrogen) atoms. The molecule has 0 saturated carbocycles. The van der Waals surface area contributed by atoms with Gasteiger partial charge in [-0.05, 0) is 49.2 Å². The molecule has 0 aliphatic heterocycles. The monoisotopic (exact) mass is 438 g/mol. The second kappa shape index (κ2) is 12.6. The number of rotatable bonds is 14. The van der Waals surface area contributed by atoms with Gasteiger partial charge in [0.05, 0.1) is 12.2 Å². The second-order valence-electron chi connectivity index (χ2n) is 7.65. The molecular formula is C25H30N2O5. The Morgan fingerprint density at radius 2 is 1.44 bits per heavy atom. The zero-order valence-electron chi connectivity index (χ0n) is 18.5. The van der Waals surface area contributed by atoms with Crippen LogP contribution in [-0.4, -0.2) is 41.5 Å². The number of carboxylic acid groups (broad SMARTS) is 1. The summed E-state index contributed by atoms with van der Waals surface area (Å²) in [5.41, 5.74) is 1.71. The fourth-order valence-electron chi connectivity index (χ4n) is 3.34. The van der Waals surface area contributed by atoms with E-state index in [1.807, 2.05) is 24.3 Å². The summed E-state index contributed by atoms with van der Waals surface area (Å²) in [5.74, 6) is 0.661. The molecule has 0 saturated heterocycles. The Labute approximate surface area is 188 Å². The van der Waals surface area contributed by atoms with Gasteiger partial charge < -0.3 is 19.1 Å². The highest BCUT2D eigenvalue weighted by Gasteiger charge is 2.12. The van der Waals surface area contributed by atoms with Crippen molar-refractivity contribution in [3.63, 3.8) is 0 Å². The van der Waals surface area contributed by atoms with Crippen LogP contribution in [0.25, 0.3) is 22.8 Å². The Morgan fingerprint density at radius 3 is 2.06 bits per heavy atom. The van der Waals surface area contributed by atoms with E-state index in [1.54, 1.807) is 19.2 Å². The maximum Gasteiger partial charge on any atom is 0.335 e. The Morgan fingerprint density at radius 1 is 0.844 bits per heavy atom. The molecule has 0 atom stereocenters. The van der Waals surface area contributed by atoms with E-state index in [0.29, 0.717) is 23.9 Å². The van der Waals surface area contributed by atoms with Gasteiger partial charge in [0, 0.05) is 24.8 Å². The van der Waals surface area contributed by atoms with E-state index < -0.39 is 5.97 Å². The zero-order chi connectivity index (χ0) is 22.6. The molecule has 2 aromatic carbocycles. The number of aromatic nitrogens is 2. The Kier molecular flexibility index (Phi) is 9.25. The largest absolute Gasteiger partial charge is 0.494 e. The van der Waals surface area contributed by atoms with Crippen LogP contribution in [-0.2, 0) is 4.74 Å². The van der Waals surface area contributed by atoms with Gasteiger partial charge in [0.15, 0.2) is 0 Å². The van der Waals surface area contributed by atoms with Crippen LogP contribution in [0.5, 0.6) is 5.75 Å². The summed E-state index contributed by atoms with van der Waals surface area (Å²) in [5, 5.41) is 13.0. The highest BCUT2D eigenvalue weighted by Crippen LogP contribution is 2.24. The quantitative estimate of drug-likeness (QED) is 0.315. The average molecular weight is 439 g/mol. The summed E-state index contributed by atoms with van der Waals surface area (Å²) in [6.45, 7) is 1.57. The van der Waals surface area contributed by atoms with Crippen molar-refractivity contribution in [3.8, 4) is 28.6 Å². The SMILES string of the molecule is COCCCCCCCCCOc1ccc(-c2nc(-c3ccc(C(=O)O)cc3)no2)cc1. The van der Waals surface area contributed by atoms with Crippen LogP contribution in [0, 0.1) is 0 Å². The predicted molar refractivity (Wildman–Crippen MR) is 122 cm³/mol.